The largest absolute Gasteiger partial charge is 0.228 e. The van der Waals surface area contributed by atoms with Crippen LogP contribution >= 0.6 is 0 Å². The van der Waals surface area contributed by atoms with E-state index >= 15 is 0 Å². The van der Waals surface area contributed by atoms with Crippen LogP contribution < -0.4 is 0 Å². The maximum atomic E-state index is 5.04. The van der Waals surface area contributed by atoms with Crippen LogP contribution in [0.2, 0.25) is 0 Å². The summed E-state index contributed by atoms with van der Waals surface area (Å²) in [4.78, 5) is 10.0. The molecule has 1 heterocycles. The monoisotopic (exact) mass is 540 g/mol. The van der Waals surface area contributed by atoms with Crippen molar-refractivity contribution in [3.05, 3.63) is 145 Å². The number of fused-ring (bicyclic) bond motifs is 5. The molecular weight excluding hydrogens is 508 g/mol. The van der Waals surface area contributed by atoms with Crippen LogP contribution in [-0.2, 0) is 5.41 Å². The van der Waals surface area contributed by atoms with E-state index in [9.17, 15) is 0 Å². The molecular formula is C40H32N2. The van der Waals surface area contributed by atoms with E-state index in [4.69, 9.17) is 9.97 Å². The molecule has 0 aliphatic heterocycles. The molecule has 0 radical (unpaired) electrons. The van der Waals surface area contributed by atoms with Crippen molar-refractivity contribution in [1.29, 1.82) is 0 Å². The first-order chi connectivity index (χ1) is 20.8. The minimum Gasteiger partial charge on any atom is -0.228 e. The van der Waals surface area contributed by atoms with Gasteiger partial charge >= 0.3 is 0 Å². The van der Waals surface area contributed by atoms with Crippen molar-refractivity contribution in [2.24, 2.45) is 0 Å². The van der Waals surface area contributed by atoms with Gasteiger partial charge in [0.2, 0.25) is 0 Å². The Morgan fingerprint density at radius 1 is 0.429 bits per heavy atom. The Kier molecular flexibility index (Phi) is 6.07. The Labute approximate surface area is 247 Å². The highest BCUT2D eigenvalue weighted by Gasteiger charge is 2.44. The van der Waals surface area contributed by atoms with E-state index in [1.54, 1.807) is 5.56 Å². The lowest BCUT2D eigenvalue weighted by Gasteiger charge is -2.37. The first-order valence-electron chi connectivity index (χ1n) is 15.1. The van der Waals surface area contributed by atoms with Crippen LogP contribution in [0.15, 0.2) is 133 Å². The molecule has 6 aromatic rings. The molecule has 2 aliphatic carbocycles. The number of nitrogens with zero attached hydrogens (tertiary/aromatic N) is 2. The fourth-order valence-electron chi connectivity index (χ4n) is 7.37. The van der Waals surface area contributed by atoms with Crippen LogP contribution in [-0.4, -0.2) is 9.97 Å². The van der Waals surface area contributed by atoms with E-state index in [0.29, 0.717) is 0 Å². The maximum absolute atomic E-state index is 5.04. The first kappa shape index (κ1) is 24.9. The summed E-state index contributed by atoms with van der Waals surface area (Å²) in [6.07, 6.45) is 6.39. The molecule has 8 rings (SSSR count). The molecule has 1 spiro atoms. The molecule has 2 nitrogen and oxygen atoms in total. The topological polar surface area (TPSA) is 25.8 Å². The summed E-state index contributed by atoms with van der Waals surface area (Å²) >= 11 is 0. The predicted molar refractivity (Wildman–Crippen MR) is 173 cm³/mol. The molecule has 0 saturated heterocycles. The van der Waals surface area contributed by atoms with Gasteiger partial charge in [0, 0.05) is 22.1 Å². The molecule has 1 fully saturated rings. The van der Waals surface area contributed by atoms with Gasteiger partial charge in [-0.1, -0.05) is 147 Å². The molecule has 0 unspecified atom stereocenters. The van der Waals surface area contributed by atoms with Crippen molar-refractivity contribution in [2.75, 3.05) is 0 Å². The summed E-state index contributed by atoms with van der Waals surface area (Å²) in [5.41, 5.74) is 13.8. The second-order valence-electron chi connectivity index (χ2n) is 11.7. The highest BCUT2D eigenvalue weighted by Crippen LogP contribution is 2.58. The van der Waals surface area contributed by atoms with Crippen LogP contribution in [0.3, 0.4) is 0 Å². The molecule has 0 N–H and O–H groups in total. The van der Waals surface area contributed by atoms with Gasteiger partial charge in [-0.3, -0.25) is 0 Å². The third kappa shape index (κ3) is 4.10. The van der Waals surface area contributed by atoms with Crippen molar-refractivity contribution in [3.8, 4) is 56.2 Å². The summed E-state index contributed by atoms with van der Waals surface area (Å²) in [5, 5.41) is 0. The highest BCUT2D eigenvalue weighted by molar-refractivity contribution is 5.89. The predicted octanol–water partition coefficient (Wildman–Crippen LogP) is 10.4. The summed E-state index contributed by atoms with van der Waals surface area (Å²) in [7, 11) is 0. The van der Waals surface area contributed by atoms with E-state index in [2.05, 4.69) is 109 Å². The standard InChI is InChI=1S/C40H32N2/c1-4-13-29(14-5-1)36-27-37(42-39(41-36)31-15-6-2-7-16-31)30-23-21-28(22-24-30)32-18-12-19-34-33-17-8-9-20-35(33)40(38(32)34)25-10-3-11-26-40/h1-2,4-9,12-24,27H,3,10-11,25-26H2. The zero-order valence-electron chi connectivity index (χ0n) is 23.6. The van der Waals surface area contributed by atoms with Crippen LogP contribution in [0.1, 0.15) is 43.2 Å². The molecule has 0 atom stereocenters. The fraction of sp³-hybridized carbons (Fsp3) is 0.150. The third-order valence-electron chi connectivity index (χ3n) is 9.30. The van der Waals surface area contributed by atoms with Gasteiger partial charge in [0.15, 0.2) is 5.82 Å². The molecule has 42 heavy (non-hydrogen) atoms. The third-order valence-corrected chi connectivity index (χ3v) is 9.30. The van der Waals surface area contributed by atoms with E-state index in [1.165, 1.54) is 59.9 Å². The van der Waals surface area contributed by atoms with Crippen LogP contribution in [0.25, 0.3) is 56.2 Å². The molecule has 202 valence electrons. The number of rotatable bonds is 4. The van der Waals surface area contributed by atoms with Gasteiger partial charge in [-0.15, -0.1) is 0 Å². The zero-order valence-corrected chi connectivity index (χ0v) is 23.6. The lowest BCUT2D eigenvalue weighted by Crippen LogP contribution is -2.28. The van der Waals surface area contributed by atoms with E-state index < -0.39 is 0 Å². The second kappa shape index (κ2) is 10.2. The number of hydrogen-bond acceptors (Lipinski definition) is 2. The number of aromatic nitrogens is 2. The SMILES string of the molecule is c1ccc(-c2cc(-c3ccc(-c4cccc5c4C4(CCCCC4)c4ccccc4-5)cc3)nc(-c3ccccc3)n2)cc1. The van der Waals surface area contributed by atoms with E-state index in [0.717, 1.165) is 33.9 Å². The fourth-order valence-corrected chi connectivity index (χ4v) is 7.37. The summed E-state index contributed by atoms with van der Waals surface area (Å²) in [5.74, 6) is 0.744. The molecule has 0 bridgehead atoms. The molecule has 1 saturated carbocycles. The van der Waals surface area contributed by atoms with Gasteiger partial charge < -0.3 is 0 Å². The van der Waals surface area contributed by atoms with Crippen LogP contribution in [0.4, 0.5) is 0 Å². The average Bonchev–Trinajstić information content (AvgIpc) is 3.35. The van der Waals surface area contributed by atoms with Crippen molar-refractivity contribution in [2.45, 2.75) is 37.5 Å². The minimum absolute atomic E-state index is 0.126. The Balaban J connectivity index is 1.23. The minimum atomic E-state index is 0.126. The van der Waals surface area contributed by atoms with Crippen molar-refractivity contribution < 1.29 is 0 Å². The van der Waals surface area contributed by atoms with Crippen molar-refractivity contribution >= 4 is 0 Å². The number of benzene rings is 5. The van der Waals surface area contributed by atoms with Crippen LogP contribution in [0, 0.1) is 0 Å². The van der Waals surface area contributed by atoms with Gasteiger partial charge in [0.05, 0.1) is 11.4 Å². The van der Waals surface area contributed by atoms with E-state index in [1.807, 2.05) is 24.3 Å². The molecule has 0 amide bonds. The van der Waals surface area contributed by atoms with Gasteiger partial charge in [-0.2, -0.15) is 0 Å². The van der Waals surface area contributed by atoms with Crippen molar-refractivity contribution in [3.63, 3.8) is 0 Å². The first-order valence-corrected chi connectivity index (χ1v) is 15.1. The lowest BCUT2D eigenvalue weighted by atomic mass is 9.66. The quantitative estimate of drug-likeness (QED) is 0.222. The van der Waals surface area contributed by atoms with E-state index in [-0.39, 0.29) is 5.41 Å². The van der Waals surface area contributed by atoms with Gasteiger partial charge in [0.1, 0.15) is 0 Å². The van der Waals surface area contributed by atoms with Crippen molar-refractivity contribution in [1.82, 2.24) is 9.97 Å². The van der Waals surface area contributed by atoms with Gasteiger partial charge in [-0.05, 0) is 52.3 Å². The molecule has 2 aliphatic rings. The molecule has 5 aromatic carbocycles. The highest BCUT2D eigenvalue weighted by atomic mass is 14.9. The molecule has 2 heteroatoms. The Morgan fingerprint density at radius 3 is 1.69 bits per heavy atom. The second-order valence-corrected chi connectivity index (χ2v) is 11.7. The zero-order chi connectivity index (χ0) is 27.9. The summed E-state index contributed by atoms with van der Waals surface area (Å²) in [6, 6.07) is 47.8. The normalized spacial score (nSPS) is 14.9. The lowest BCUT2D eigenvalue weighted by molar-refractivity contribution is 0.353. The summed E-state index contributed by atoms with van der Waals surface area (Å²) in [6.45, 7) is 0. The Morgan fingerprint density at radius 2 is 0.976 bits per heavy atom. The van der Waals surface area contributed by atoms with Gasteiger partial charge in [0.25, 0.3) is 0 Å². The van der Waals surface area contributed by atoms with Gasteiger partial charge in [-0.25, -0.2) is 9.97 Å². The average molecular weight is 541 g/mol. The Bertz CT molecular complexity index is 1830. The van der Waals surface area contributed by atoms with Crippen LogP contribution in [0.5, 0.6) is 0 Å². The maximum Gasteiger partial charge on any atom is 0.160 e. The molecule has 1 aromatic heterocycles. The summed E-state index contributed by atoms with van der Waals surface area (Å²) < 4.78 is 0. The smallest absolute Gasteiger partial charge is 0.160 e. The Hall–Kier alpha value is -4.82. The number of hydrogen-bond donors (Lipinski definition) is 0.